The van der Waals surface area contributed by atoms with Crippen LogP contribution in [-0.2, 0) is 0 Å². The first kappa shape index (κ1) is 12.1. The molecular weight excluding hydrogens is 204 g/mol. The summed E-state index contributed by atoms with van der Waals surface area (Å²) < 4.78 is 0. The van der Waals surface area contributed by atoms with Gasteiger partial charge in [0.1, 0.15) is 5.82 Å². The molecule has 0 fully saturated rings. The van der Waals surface area contributed by atoms with E-state index in [1.54, 1.807) is 0 Å². The van der Waals surface area contributed by atoms with Crippen molar-refractivity contribution >= 4 is 11.8 Å². The molecule has 0 unspecified atom stereocenters. The largest absolute Gasteiger partial charge is 0.478 e. The highest BCUT2D eigenvalue weighted by Crippen LogP contribution is 2.16. The Bertz CT molecular complexity index is 433. The van der Waals surface area contributed by atoms with E-state index in [-0.39, 0.29) is 11.1 Å². The van der Waals surface area contributed by atoms with Crippen LogP contribution >= 0.6 is 0 Å². The van der Waals surface area contributed by atoms with Gasteiger partial charge in [0.05, 0.1) is 5.56 Å². The number of nitrogens with zero attached hydrogens (tertiary/aromatic N) is 1. The SMILES string of the molecule is C#CCC(C)(C)Nc1cc(C(=O)O)ccn1. The Balaban J connectivity index is 2.86. The zero-order valence-corrected chi connectivity index (χ0v) is 9.32. The summed E-state index contributed by atoms with van der Waals surface area (Å²) in [6, 6.07) is 2.93. The van der Waals surface area contributed by atoms with Gasteiger partial charge < -0.3 is 10.4 Å². The van der Waals surface area contributed by atoms with E-state index < -0.39 is 5.97 Å². The van der Waals surface area contributed by atoms with Crippen LogP contribution in [0.1, 0.15) is 30.6 Å². The zero-order chi connectivity index (χ0) is 12.2. The molecule has 0 radical (unpaired) electrons. The van der Waals surface area contributed by atoms with Gasteiger partial charge in [-0.2, -0.15) is 0 Å². The van der Waals surface area contributed by atoms with Gasteiger partial charge in [-0.3, -0.25) is 0 Å². The van der Waals surface area contributed by atoms with Gasteiger partial charge in [0, 0.05) is 18.2 Å². The molecule has 0 aliphatic carbocycles. The fraction of sp³-hybridized carbons (Fsp3) is 0.333. The molecule has 16 heavy (non-hydrogen) atoms. The molecule has 0 aromatic carbocycles. The topological polar surface area (TPSA) is 62.2 Å². The average Bonchev–Trinajstić information content (AvgIpc) is 2.17. The van der Waals surface area contributed by atoms with Crippen molar-refractivity contribution in [2.75, 3.05) is 5.32 Å². The number of terminal acetylenes is 1. The van der Waals surface area contributed by atoms with Crippen molar-refractivity contribution in [3.05, 3.63) is 23.9 Å². The van der Waals surface area contributed by atoms with Gasteiger partial charge in [-0.15, -0.1) is 12.3 Å². The molecule has 4 nitrogen and oxygen atoms in total. The summed E-state index contributed by atoms with van der Waals surface area (Å²) in [5, 5.41) is 11.9. The van der Waals surface area contributed by atoms with E-state index in [4.69, 9.17) is 11.5 Å². The molecule has 4 heteroatoms. The molecule has 2 N–H and O–H groups in total. The Hall–Kier alpha value is -2.02. The summed E-state index contributed by atoms with van der Waals surface area (Å²) in [6.45, 7) is 3.87. The molecule has 0 bridgehead atoms. The predicted molar refractivity (Wildman–Crippen MR) is 62.3 cm³/mol. The van der Waals surface area contributed by atoms with Crippen LogP contribution in [-0.4, -0.2) is 21.6 Å². The molecule has 0 saturated heterocycles. The van der Waals surface area contributed by atoms with E-state index in [0.29, 0.717) is 12.2 Å². The first-order valence-electron chi connectivity index (χ1n) is 4.85. The van der Waals surface area contributed by atoms with E-state index >= 15 is 0 Å². The minimum absolute atomic E-state index is 0.203. The average molecular weight is 218 g/mol. The number of carbonyl (C=O) groups is 1. The fourth-order valence-corrected chi connectivity index (χ4v) is 1.28. The highest BCUT2D eigenvalue weighted by molar-refractivity contribution is 5.88. The lowest BCUT2D eigenvalue weighted by molar-refractivity contribution is 0.0697. The van der Waals surface area contributed by atoms with E-state index in [2.05, 4.69) is 16.2 Å². The predicted octanol–water partition coefficient (Wildman–Crippen LogP) is 1.99. The third-order valence-electron chi connectivity index (χ3n) is 2.02. The van der Waals surface area contributed by atoms with Gasteiger partial charge in [0.15, 0.2) is 0 Å². The molecule has 0 saturated carbocycles. The minimum Gasteiger partial charge on any atom is -0.478 e. The zero-order valence-electron chi connectivity index (χ0n) is 9.32. The summed E-state index contributed by atoms with van der Waals surface area (Å²) in [5.74, 6) is 2.10. The number of hydrogen-bond donors (Lipinski definition) is 2. The monoisotopic (exact) mass is 218 g/mol. The molecule has 0 aliphatic rings. The van der Waals surface area contributed by atoms with Crippen molar-refractivity contribution < 1.29 is 9.90 Å². The molecule has 0 aliphatic heterocycles. The van der Waals surface area contributed by atoms with Gasteiger partial charge in [-0.1, -0.05) is 0 Å². The highest BCUT2D eigenvalue weighted by Gasteiger charge is 2.16. The maximum Gasteiger partial charge on any atom is 0.335 e. The van der Waals surface area contributed by atoms with Crippen LogP contribution in [0.4, 0.5) is 5.82 Å². The molecular formula is C12H14N2O2. The Labute approximate surface area is 94.7 Å². The molecule has 1 aromatic rings. The molecule has 0 spiro atoms. The van der Waals surface area contributed by atoms with Crippen molar-refractivity contribution in [3.8, 4) is 12.3 Å². The Morgan fingerprint density at radius 2 is 2.38 bits per heavy atom. The van der Waals surface area contributed by atoms with Crippen molar-refractivity contribution in [1.82, 2.24) is 4.98 Å². The number of carboxylic acids is 1. The molecule has 84 valence electrons. The number of aromatic carboxylic acids is 1. The Morgan fingerprint density at radius 3 is 2.94 bits per heavy atom. The Morgan fingerprint density at radius 1 is 1.69 bits per heavy atom. The van der Waals surface area contributed by atoms with Crippen LogP contribution in [0.2, 0.25) is 0 Å². The summed E-state index contributed by atoms with van der Waals surface area (Å²) in [5.41, 5.74) is -0.104. The Kier molecular flexibility index (Phi) is 3.51. The first-order chi connectivity index (χ1) is 7.44. The maximum atomic E-state index is 10.8. The summed E-state index contributed by atoms with van der Waals surface area (Å²) in [4.78, 5) is 14.8. The number of aromatic nitrogens is 1. The van der Waals surface area contributed by atoms with Crippen LogP contribution < -0.4 is 5.32 Å². The van der Waals surface area contributed by atoms with Gasteiger partial charge >= 0.3 is 5.97 Å². The van der Waals surface area contributed by atoms with Crippen LogP contribution in [0.15, 0.2) is 18.3 Å². The van der Waals surface area contributed by atoms with Gasteiger partial charge in [0.25, 0.3) is 0 Å². The van der Waals surface area contributed by atoms with Crippen molar-refractivity contribution in [3.63, 3.8) is 0 Å². The third kappa shape index (κ3) is 3.28. The summed E-state index contributed by atoms with van der Waals surface area (Å²) in [7, 11) is 0. The quantitative estimate of drug-likeness (QED) is 0.759. The number of carboxylic acid groups (broad SMARTS) is 1. The van der Waals surface area contributed by atoms with E-state index in [1.807, 2.05) is 13.8 Å². The van der Waals surface area contributed by atoms with E-state index in [9.17, 15) is 4.79 Å². The third-order valence-corrected chi connectivity index (χ3v) is 2.02. The van der Waals surface area contributed by atoms with Gasteiger partial charge in [-0.25, -0.2) is 9.78 Å². The van der Waals surface area contributed by atoms with Crippen molar-refractivity contribution in [2.45, 2.75) is 25.8 Å². The van der Waals surface area contributed by atoms with Crippen LogP contribution in [0.3, 0.4) is 0 Å². The van der Waals surface area contributed by atoms with Gasteiger partial charge in [-0.05, 0) is 26.0 Å². The number of nitrogens with one attached hydrogen (secondary N) is 1. The molecule has 1 rings (SSSR count). The second kappa shape index (κ2) is 4.67. The fourth-order valence-electron chi connectivity index (χ4n) is 1.28. The minimum atomic E-state index is -0.972. The van der Waals surface area contributed by atoms with Crippen LogP contribution in [0, 0.1) is 12.3 Å². The number of pyridine rings is 1. The number of rotatable bonds is 4. The maximum absolute atomic E-state index is 10.8. The molecule has 0 amide bonds. The van der Waals surface area contributed by atoms with E-state index in [1.165, 1.54) is 18.3 Å². The van der Waals surface area contributed by atoms with E-state index in [0.717, 1.165) is 0 Å². The lowest BCUT2D eigenvalue weighted by Crippen LogP contribution is -2.30. The summed E-state index contributed by atoms with van der Waals surface area (Å²) in [6.07, 6.45) is 7.23. The van der Waals surface area contributed by atoms with Crippen molar-refractivity contribution in [1.29, 1.82) is 0 Å². The highest BCUT2D eigenvalue weighted by atomic mass is 16.4. The summed E-state index contributed by atoms with van der Waals surface area (Å²) >= 11 is 0. The smallest absolute Gasteiger partial charge is 0.335 e. The molecule has 1 heterocycles. The number of anilines is 1. The number of hydrogen-bond acceptors (Lipinski definition) is 3. The normalized spacial score (nSPS) is 10.6. The first-order valence-corrected chi connectivity index (χ1v) is 4.85. The van der Waals surface area contributed by atoms with Crippen LogP contribution in [0.5, 0.6) is 0 Å². The molecule has 1 aromatic heterocycles. The lowest BCUT2D eigenvalue weighted by Gasteiger charge is -2.24. The van der Waals surface area contributed by atoms with Crippen molar-refractivity contribution in [2.24, 2.45) is 0 Å². The lowest BCUT2D eigenvalue weighted by atomic mass is 10.0. The standard InChI is InChI=1S/C12H14N2O2/c1-4-6-12(2,3)14-10-8-9(11(15)16)5-7-13-10/h1,5,7-8H,6H2,2-3H3,(H,13,14)(H,15,16). The van der Waals surface area contributed by atoms with Gasteiger partial charge in [0.2, 0.25) is 0 Å². The second-order valence-electron chi connectivity index (χ2n) is 4.12. The van der Waals surface area contributed by atoms with Crippen LogP contribution in [0.25, 0.3) is 0 Å². The second-order valence-corrected chi connectivity index (χ2v) is 4.12. The molecule has 0 atom stereocenters.